The fourth-order valence-electron chi connectivity index (χ4n) is 2.96. The Morgan fingerprint density at radius 3 is 2.61 bits per heavy atom. The second-order valence-corrected chi connectivity index (χ2v) is 6.90. The van der Waals surface area contributed by atoms with Gasteiger partial charge in [0.2, 0.25) is 5.13 Å². The molecule has 0 atom stereocenters. The van der Waals surface area contributed by atoms with Crippen molar-refractivity contribution in [2.24, 2.45) is 5.10 Å². The monoisotopic (exact) mass is 389 g/mol. The van der Waals surface area contributed by atoms with Gasteiger partial charge >= 0.3 is 0 Å². The first kappa shape index (κ1) is 18.0. The molecule has 1 heterocycles. The number of methoxy groups -OCH3 is 2. The summed E-state index contributed by atoms with van der Waals surface area (Å²) in [6.07, 6.45) is 1.75. The minimum absolute atomic E-state index is 0.729. The number of rotatable bonds is 6. The fraction of sp³-hybridized carbons (Fsp3) is 0.0909. The zero-order valence-corrected chi connectivity index (χ0v) is 16.4. The van der Waals surface area contributed by atoms with Gasteiger partial charge in [0.15, 0.2) is 0 Å². The Morgan fingerprint density at radius 1 is 1.00 bits per heavy atom. The molecule has 4 aromatic rings. The number of anilines is 1. The van der Waals surface area contributed by atoms with Crippen LogP contribution in [0.15, 0.2) is 71.1 Å². The number of hydrogen-bond acceptors (Lipinski definition) is 6. The topological polar surface area (TPSA) is 55.7 Å². The predicted molar refractivity (Wildman–Crippen MR) is 116 cm³/mol. The summed E-state index contributed by atoms with van der Waals surface area (Å²) in [5.74, 6) is 1.53. The Kier molecular flexibility index (Phi) is 5.21. The molecule has 1 aromatic heterocycles. The Labute approximate surface area is 167 Å². The maximum Gasteiger partial charge on any atom is 0.203 e. The first-order chi connectivity index (χ1) is 13.8. The van der Waals surface area contributed by atoms with E-state index in [2.05, 4.69) is 15.5 Å². The third-order valence-corrected chi connectivity index (χ3v) is 5.12. The van der Waals surface area contributed by atoms with Gasteiger partial charge in [0.1, 0.15) is 11.5 Å². The van der Waals surface area contributed by atoms with E-state index in [4.69, 9.17) is 9.47 Å². The van der Waals surface area contributed by atoms with E-state index in [0.29, 0.717) is 0 Å². The van der Waals surface area contributed by atoms with Crippen LogP contribution in [-0.4, -0.2) is 25.4 Å². The van der Waals surface area contributed by atoms with Crippen LogP contribution in [0.1, 0.15) is 5.56 Å². The molecule has 5 nitrogen and oxygen atoms in total. The van der Waals surface area contributed by atoms with E-state index in [0.717, 1.165) is 44.2 Å². The van der Waals surface area contributed by atoms with Crippen LogP contribution in [0.3, 0.4) is 0 Å². The van der Waals surface area contributed by atoms with Crippen molar-refractivity contribution >= 4 is 33.5 Å². The highest BCUT2D eigenvalue weighted by molar-refractivity contribution is 7.14. The van der Waals surface area contributed by atoms with Crippen LogP contribution in [0.4, 0.5) is 5.13 Å². The van der Waals surface area contributed by atoms with Crippen LogP contribution in [0.2, 0.25) is 0 Å². The lowest BCUT2D eigenvalue weighted by molar-refractivity contribution is 0.413. The number of nitrogens with one attached hydrogen (secondary N) is 1. The number of ether oxygens (including phenoxy) is 2. The van der Waals surface area contributed by atoms with Crippen LogP contribution in [0.25, 0.3) is 22.0 Å². The predicted octanol–water partition coefficient (Wildman–Crippen LogP) is 5.43. The first-order valence-electron chi connectivity index (χ1n) is 8.73. The molecule has 0 spiro atoms. The summed E-state index contributed by atoms with van der Waals surface area (Å²) in [4.78, 5) is 4.59. The zero-order valence-electron chi connectivity index (χ0n) is 15.5. The Hall–Kier alpha value is -3.38. The van der Waals surface area contributed by atoms with Gasteiger partial charge in [-0.25, -0.2) is 4.98 Å². The summed E-state index contributed by atoms with van der Waals surface area (Å²) in [6, 6.07) is 20.0. The molecule has 4 rings (SSSR count). The molecule has 1 N–H and O–H groups in total. The number of thiazole rings is 1. The third kappa shape index (κ3) is 3.68. The van der Waals surface area contributed by atoms with Gasteiger partial charge in [0.05, 0.1) is 26.1 Å². The van der Waals surface area contributed by atoms with Crippen molar-refractivity contribution in [3.05, 3.63) is 71.6 Å². The molecular formula is C22H19N3O2S. The molecule has 0 aliphatic heterocycles. The normalized spacial score (nSPS) is 11.1. The quantitative estimate of drug-likeness (QED) is 0.353. The highest BCUT2D eigenvalue weighted by Crippen LogP contribution is 2.30. The van der Waals surface area contributed by atoms with Crippen molar-refractivity contribution < 1.29 is 9.47 Å². The molecule has 0 aliphatic rings. The lowest BCUT2D eigenvalue weighted by Crippen LogP contribution is -1.96. The molecule has 6 heteroatoms. The van der Waals surface area contributed by atoms with Crippen LogP contribution in [0.5, 0.6) is 11.5 Å². The second kappa shape index (κ2) is 8.10. The molecule has 0 radical (unpaired) electrons. The second-order valence-electron chi connectivity index (χ2n) is 6.04. The largest absolute Gasteiger partial charge is 0.497 e. The number of nitrogens with zero attached hydrogens (tertiary/aromatic N) is 2. The first-order valence-corrected chi connectivity index (χ1v) is 9.61. The number of fused-ring (bicyclic) bond motifs is 1. The van der Waals surface area contributed by atoms with E-state index in [1.807, 2.05) is 66.0 Å². The molecule has 0 saturated heterocycles. The molecule has 0 fully saturated rings. The number of hydrogen-bond donors (Lipinski definition) is 1. The van der Waals surface area contributed by atoms with Crippen LogP contribution in [0, 0.1) is 0 Å². The maximum absolute atomic E-state index is 5.52. The van der Waals surface area contributed by atoms with Crippen LogP contribution >= 0.6 is 11.3 Å². The van der Waals surface area contributed by atoms with Crippen LogP contribution < -0.4 is 14.9 Å². The Balaban J connectivity index is 1.61. The lowest BCUT2D eigenvalue weighted by Gasteiger charge is -2.10. The zero-order chi connectivity index (χ0) is 19.3. The van der Waals surface area contributed by atoms with E-state index in [9.17, 15) is 0 Å². The summed E-state index contributed by atoms with van der Waals surface area (Å²) < 4.78 is 10.9. The molecule has 0 aliphatic carbocycles. The molecule has 0 saturated carbocycles. The minimum Gasteiger partial charge on any atom is -0.497 e. The highest BCUT2D eigenvalue weighted by Gasteiger charge is 2.08. The van der Waals surface area contributed by atoms with Gasteiger partial charge in [-0.1, -0.05) is 42.5 Å². The van der Waals surface area contributed by atoms with E-state index in [1.165, 1.54) is 11.3 Å². The van der Waals surface area contributed by atoms with Gasteiger partial charge in [-0.3, -0.25) is 5.43 Å². The van der Waals surface area contributed by atoms with Crippen molar-refractivity contribution in [2.45, 2.75) is 0 Å². The van der Waals surface area contributed by atoms with E-state index < -0.39 is 0 Å². The van der Waals surface area contributed by atoms with Crippen molar-refractivity contribution in [1.82, 2.24) is 4.98 Å². The van der Waals surface area contributed by atoms with Gasteiger partial charge in [-0.05, 0) is 29.0 Å². The molecule has 28 heavy (non-hydrogen) atoms. The van der Waals surface area contributed by atoms with Crippen molar-refractivity contribution in [3.63, 3.8) is 0 Å². The molecule has 0 amide bonds. The van der Waals surface area contributed by atoms with Gasteiger partial charge in [-0.2, -0.15) is 5.10 Å². The summed E-state index contributed by atoms with van der Waals surface area (Å²) in [5, 5.41) is 9.22. The molecule has 3 aromatic carbocycles. The van der Waals surface area contributed by atoms with Gasteiger partial charge in [0.25, 0.3) is 0 Å². The SMILES string of the molecule is COc1ccc2ccc(OC)c(C=NNc3nc(-c4ccccc4)cs3)c2c1. The van der Waals surface area contributed by atoms with Crippen molar-refractivity contribution in [1.29, 1.82) is 0 Å². The fourth-order valence-corrected chi connectivity index (χ4v) is 3.63. The Morgan fingerprint density at radius 2 is 1.82 bits per heavy atom. The summed E-state index contributed by atoms with van der Waals surface area (Å²) in [7, 11) is 3.31. The van der Waals surface area contributed by atoms with Crippen molar-refractivity contribution in [2.75, 3.05) is 19.6 Å². The number of hydrazone groups is 1. The van der Waals surface area contributed by atoms with Crippen molar-refractivity contribution in [3.8, 4) is 22.8 Å². The van der Waals surface area contributed by atoms with Gasteiger partial charge in [0, 0.05) is 16.5 Å². The number of aromatic nitrogens is 1. The Bertz CT molecular complexity index is 1120. The average Bonchev–Trinajstić information content (AvgIpc) is 3.23. The summed E-state index contributed by atoms with van der Waals surface area (Å²) >= 11 is 1.51. The highest BCUT2D eigenvalue weighted by atomic mass is 32.1. The van der Waals surface area contributed by atoms with Gasteiger partial charge < -0.3 is 9.47 Å². The minimum atomic E-state index is 0.729. The molecule has 0 bridgehead atoms. The lowest BCUT2D eigenvalue weighted by atomic mass is 10.0. The molecule has 140 valence electrons. The number of benzene rings is 3. The van der Waals surface area contributed by atoms with E-state index >= 15 is 0 Å². The molecule has 0 unspecified atom stereocenters. The third-order valence-electron chi connectivity index (χ3n) is 4.38. The van der Waals surface area contributed by atoms with Gasteiger partial charge in [-0.15, -0.1) is 11.3 Å². The van der Waals surface area contributed by atoms with E-state index in [1.54, 1.807) is 20.4 Å². The summed E-state index contributed by atoms with van der Waals surface area (Å²) in [6.45, 7) is 0. The standard InChI is InChI=1S/C22H19N3O2S/c1-26-17-10-8-15-9-11-21(27-2)19(18(15)12-17)13-23-25-22-24-20(14-28-22)16-6-4-3-5-7-16/h3-14H,1-2H3,(H,24,25). The maximum atomic E-state index is 5.52. The summed E-state index contributed by atoms with van der Waals surface area (Å²) in [5.41, 5.74) is 5.91. The van der Waals surface area contributed by atoms with Crippen LogP contribution in [-0.2, 0) is 0 Å². The van der Waals surface area contributed by atoms with E-state index in [-0.39, 0.29) is 0 Å². The molecular weight excluding hydrogens is 370 g/mol. The smallest absolute Gasteiger partial charge is 0.203 e. The average molecular weight is 389 g/mol.